The van der Waals surface area contributed by atoms with E-state index in [1.165, 1.54) is 6.07 Å². The lowest BCUT2D eigenvalue weighted by molar-refractivity contribution is 0.355. The standard InChI is InChI=1S/C17H18O3/c1-4-6-13(5-2)11-19-14-7-8-15-12(3)9-17(18)20-16(15)10-14/h4-10H,11H2,1-3H3. The van der Waals surface area contributed by atoms with Crippen LogP contribution >= 0.6 is 0 Å². The maximum absolute atomic E-state index is 11.4. The van der Waals surface area contributed by atoms with Crippen molar-refractivity contribution in [2.45, 2.75) is 20.8 Å². The summed E-state index contributed by atoms with van der Waals surface area (Å²) in [5.74, 6) is 0.690. The molecule has 0 aliphatic heterocycles. The molecule has 0 spiro atoms. The van der Waals surface area contributed by atoms with Gasteiger partial charge in [0.2, 0.25) is 0 Å². The molecular weight excluding hydrogens is 252 g/mol. The van der Waals surface area contributed by atoms with Crippen molar-refractivity contribution in [2.75, 3.05) is 6.61 Å². The first kappa shape index (κ1) is 14.1. The summed E-state index contributed by atoms with van der Waals surface area (Å²) < 4.78 is 10.9. The van der Waals surface area contributed by atoms with Crippen molar-refractivity contribution in [2.24, 2.45) is 0 Å². The predicted molar refractivity (Wildman–Crippen MR) is 81.3 cm³/mol. The van der Waals surface area contributed by atoms with Gasteiger partial charge in [0.1, 0.15) is 17.9 Å². The van der Waals surface area contributed by atoms with Gasteiger partial charge in [-0.15, -0.1) is 0 Å². The fourth-order valence-electron chi connectivity index (χ4n) is 2.00. The van der Waals surface area contributed by atoms with E-state index in [0.717, 1.165) is 16.5 Å². The van der Waals surface area contributed by atoms with Crippen molar-refractivity contribution in [1.29, 1.82) is 0 Å². The molecule has 0 unspecified atom stereocenters. The van der Waals surface area contributed by atoms with E-state index in [1.54, 1.807) is 6.07 Å². The van der Waals surface area contributed by atoms with Gasteiger partial charge in [-0.1, -0.05) is 18.2 Å². The zero-order valence-electron chi connectivity index (χ0n) is 12.0. The van der Waals surface area contributed by atoms with Gasteiger partial charge in [-0.2, -0.15) is 0 Å². The summed E-state index contributed by atoms with van der Waals surface area (Å²) in [6.07, 6.45) is 5.98. The molecule has 0 saturated heterocycles. The predicted octanol–water partition coefficient (Wildman–Crippen LogP) is 4.00. The largest absolute Gasteiger partial charge is 0.489 e. The van der Waals surface area contributed by atoms with E-state index >= 15 is 0 Å². The lowest BCUT2D eigenvalue weighted by atomic mass is 10.1. The fraction of sp³-hybridized carbons (Fsp3) is 0.235. The fourth-order valence-corrected chi connectivity index (χ4v) is 2.00. The van der Waals surface area contributed by atoms with Crippen molar-refractivity contribution < 1.29 is 9.15 Å². The summed E-state index contributed by atoms with van der Waals surface area (Å²) in [6.45, 7) is 6.32. The molecular formula is C17H18O3. The second-order valence-electron chi connectivity index (χ2n) is 4.56. The van der Waals surface area contributed by atoms with Gasteiger partial charge in [0.25, 0.3) is 0 Å². The third-order valence-corrected chi connectivity index (χ3v) is 3.08. The zero-order valence-corrected chi connectivity index (χ0v) is 12.0. The van der Waals surface area contributed by atoms with Gasteiger partial charge in [-0.25, -0.2) is 4.79 Å². The summed E-state index contributed by atoms with van der Waals surface area (Å²) in [6, 6.07) is 7.05. The number of ether oxygens (including phenoxy) is 1. The van der Waals surface area contributed by atoms with Gasteiger partial charge in [0.15, 0.2) is 0 Å². The van der Waals surface area contributed by atoms with Crippen LogP contribution in [-0.4, -0.2) is 6.61 Å². The molecule has 0 aliphatic rings. The van der Waals surface area contributed by atoms with E-state index < -0.39 is 0 Å². The maximum Gasteiger partial charge on any atom is 0.336 e. The van der Waals surface area contributed by atoms with Crippen LogP contribution in [0.2, 0.25) is 0 Å². The number of allylic oxidation sites excluding steroid dienone is 2. The normalized spacial score (nSPS) is 12.2. The van der Waals surface area contributed by atoms with Crippen LogP contribution in [0.15, 0.2) is 57.3 Å². The highest BCUT2D eigenvalue weighted by Crippen LogP contribution is 2.22. The number of benzene rings is 1. The Hall–Kier alpha value is -2.29. The number of hydrogen-bond donors (Lipinski definition) is 0. The number of aryl methyl sites for hydroxylation is 1. The molecule has 20 heavy (non-hydrogen) atoms. The first-order valence-corrected chi connectivity index (χ1v) is 6.59. The van der Waals surface area contributed by atoms with Crippen LogP contribution in [0, 0.1) is 6.92 Å². The summed E-state index contributed by atoms with van der Waals surface area (Å²) in [4.78, 5) is 11.4. The molecule has 2 rings (SSSR count). The monoisotopic (exact) mass is 270 g/mol. The Balaban J connectivity index is 2.26. The molecule has 0 aliphatic carbocycles. The van der Waals surface area contributed by atoms with Gasteiger partial charge in [0.05, 0.1) is 0 Å². The summed E-state index contributed by atoms with van der Waals surface area (Å²) in [7, 11) is 0. The van der Waals surface area contributed by atoms with E-state index in [4.69, 9.17) is 9.15 Å². The highest BCUT2D eigenvalue weighted by Gasteiger charge is 2.04. The van der Waals surface area contributed by atoms with Crippen LogP contribution in [0.3, 0.4) is 0 Å². The Kier molecular flexibility index (Phi) is 4.41. The number of fused-ring (bicyclic) bond motifs is 1. The maximum atomic E-state index is 11.4. The lowest BCUT2D eigenvalue weighted by Crippen LogP contribution is -2.01. The smallest absolute Gasteiger partial charge is 0.336 e. The van der Waals surface area contributed by atoms with E-state index in [9.17, 15) is 4.79 Å². The minimum atomic E-state index is -0.338. The van der Waals surface area contributed by atoms with Gasteiger partial charge in [-0.3, -0.25) is 0 Å². The number of rotatable bonds is 4. The first-order chi connectivity index (χ1) is 9.63. The minimum Gasteiger partial charge on any atom is -0.489 e. The molecule has 2 aromatic rings. The third kappa shape index (κ3) is 3.18. The van der Waals surface area contributed by atoms with Crippen LogP contribution in [0.5, 0.6) is 5.75 Å². The van der Waals surface area contributed by atoms with E-state index in [0.29, 0.717) is 17.9 Å². The topological polar surface area (TPSA) is 39.4 Å². The Bertz CT molecular complexity index is 721. The van der Waals surface area contributed by atoms with Crippen molar-refractivity contribution in [3.8, 4) is 5.75 Å². The molecule has 0 amide bonds. The van der Waals surface area contributed by atoms with Crippen molar-refractivity contribution >= 4 is 11.0 Å². The molecule has 3 nitrogen and oxygen atoms in total. The van der Waals surface area contributed by atoms with Gasteiger partial charge in [0, 0.05) is 17.5 Å². The molecule has 0 fully saturated rings. The van der Waals surface area contributed by atoms with Crippen LogP contribution < -0.4 is 10.4 Å². The molecule has 104 valence electrons. The van der Waals surface area contributed by atoms with E-state index in [-0.39, 0.29) is 5.63 Å². The Morgan fingerprint density at radius 3 is 2.80 bits per heavy atom. The van der Waals surface area contributed by atoms with Gasteiger partial charge < -0.3 is 9.15 Å². The highest BCUT2D eigenvalue weighted by molar-refractivity contribution is 5.81. The average molecular weight is 270 g/mol. The molecule has 0 atom stereocenters. The van der Waals surface area contributed by atoms with Crippen LogP contribution in [0.1, 0.15) is 19.4 Å². The van der Waals surface area contributed by atoms with Gasteiger partial charge in [-0.05, 0) is 44.0 Å². The van der Waals surface area contributed by atoms with Crippen molar-refractivity contribution in [1.82, 2.24) is 0 Å². The molecule has 0 bridgehead atoms. The van der Waals surface area contributed by atoms with E-state index in [1.807, 2.05) is 51.1 Å². The molecule has 3 heteroatoms. The second kappa shape index (κ2) is 6.24. The lowest BCUT2D eigenvalue weighted by Gasteiger charge is -2.08. The van der Waals surface area contributed by atoms with Crippen LogP contribution in [-0.2, 0) is 0 Å². The average Bonchev–Trinajstić information content (AvgIpc) is 2.42. The Labute approximate surface area is 118 Å². The van der Waals surface area contributed by atoms with Crippen molar-refractivity contribution in [3.63, 3.8) is 0 Å². The second-order valence-corrected chi connectivity index (χ2v) is 4.56. The molecule has 1 aromatic heterocycles. The molecule has 1 heterocycles. The third-order valence-electron chi connectivity index (χ3n) is 3.08. The van der Waals surface area contributed by atoms with Gasteiger partial charge >= 0.3 is 5.63 Å². The molecule has 0 N–H and O–H groups in total. The summed E-state index contributed by atoms with van der Waals surface area (Å²) >= 11 is 0. The van der Waals surface area contributed by atoms with Crippen LogP contribution in [0.4, 0.5) is 0 Å². The Morgan fingerprint density at radius 1 is 1.30 bits per heavy atom. The van der Waals surface area contributed by atoms with Crippen LogP contribution in [0.25, 0.3) is 11.0 Å². The Morgan fingerprint density at radius 2 is 2.10 bits per heavy atom. The highest BCUT2D eigenvalue weighted by atomic mass is 16.5. The number of hydrogen-bond acceptors (Lipinski definition) is 3. The summed E-state index contributed by atoms with van der Waals surface area (Å²) in [5, 5.41) is 0.927. The summed E-state index contributed by atoms with van der Waals surface area (Å²) in [5.41, 5.74) is 2.22. The SMILES string of the molecule is CC=CC(=CC)COc1ccc2c(C)cc(=O)oc2c1. The molecule has 1 aromatic carbocycles. The quantitative estimate of drug-likeness (QED) is 0.622. The molecule has 0 radical (unpaired) electrons. The first-order valence-electron chi connectivity index (χ1n) is 6.59. The zero-order chi connectivity index (χ0) is 14.5. The van der Waals surface area contributed by atoms with E-state index in [2.05, 4.69) is 0 Å². The molecule has 0 saturated carbocycles. The van der Waals surface area contributed by atoms with Crippen molar-refractivity contribution in [3.05, 3.63) is 64.1 Å². The minimum absolute atomic E-state index is 0.338.